The number of benzene rings is 1. The van der Waals surface area contributed by atoms with Gasteiger partial charge in [-0.2, -0.15) is 5.26 Å². The van der Waals surface area contributed by atoms with Crippen molar-refractivity contribution >= 4 is 17.3 Å². The molecule has 1 aromatic rings. The molecule has 1 atom stereocenters. The Morgan fingerprint density at radius 1 is 1.45 bits per heavy atom. The number of carbonyl (C=O) groups is 1. The zero-order valence-corrected chi connectivity index (χ0v) is 12.3. The number of nitro benzene ring substituents is 1. The van der Waals surface area contributed by atoms with E-state index in [4.69, 9.17) is 5.26 Å². The van der Waals surface area contributed by atoms with E-state index in [-0.39, 0.29) is 28.9 Å². The fourth-order valence-electron chi connectivity index (χ4n) is 2.57. The Kier molecular flexibility index (Phi) is 4.94. The Hall–Kier alpha value is -2.62. The minimum absolute atomic E-state index is 0.175. The summed E-state index contributed by atoms with van der Waals surface area (Å²) in [7, 11) is 0. The van der Waals surface area contributed by atoms with E-state index in [1.807, 2.05) is 6.07 Å². The summed E-state index contributed by atoms with van der Waals surface area (Å²) in [5.74, 6) is -0.175. The van der Waals surface area contributed by atoms with Gasteiger partial charge in [0.1, 0.15) is 11.7 Å². The van der Waals surface area contributed by atoms with Crippen LogP contribution in [0.25, 0.3) is 0 Å². The number of nitrogens with zero attached hydrogens (tertiary/aromatic N) is 2. The lowest BCUT2D eigenvalue weighted by atomic mass is 10.1. The van der Waals surface area contributed by atoms with Crippen molar-refractivity contribution in [3.05, 3.63) is 33.9 Å². The van der Waals surface area contributed by atoms with Gasteiger partial charge in [0.25, 0.3) is 5.69 Å². The fraction of sp³-hybridized carbons (Fsp3) is 0.467. The molecule has 1 unspecified atom stereocenters. The van der Waals surface area contributed by atoms with Gasteiger partial charge < -0.3 is 10.6 Å². The standard InChI is InChI=1S/C15H18N4O3/c1-10(15(20)18-12-4-2-3-5-12)17-13-7-6-11(9-16)8-14(13)19(21)22/h6-8,10,12,17H,2-5H2,1H3,(H,18,20). The fourth-order valence-corrected chi connectivity index (χ4v) is 2.57. The quantitative estimate of drug-likeness (QED) is 0.641. The van der Waals surface area contributed by atoms with Crippen LogP contribution in [-0.4, -0.2) is 22.9 Å². The van der Waals surface area contributed by atoms with E-state index in [1.165, 1.54) is 18.2 Å². The maximum atomic E-state index is 12.1. The highest BCUT2D eigenvalue weighted by molar-refractivity contribution is 5.85. The van der Waals surface area contributed by atoms with Crippen LogP contribution in [0.2, 0.25) is 0 Å². The van der Waals surface area contributed by atoms with Crippen molar-refractivity contribution in [3.8, 4) is 6.07 Å². The van der Waals surface area contributed by atoms with E-state index in [2.05, 4.69) is 10.6 Å². The smallest absolute Gasteiger partial charge is 0.293 e. The van der Waals surface area contributed by atoms with E-state index >= 15 is 0 Å². The summed E-state index contributed by atoms with van der Waals surface area (Å²) in [5.41, 5.74) is 0.234. The molecule has 0 aromatic heterocycles. The minimum atomic E-state index is -0.591. The van der Waals surface area contributed by atoms with Gasteiger partial charge in [0.2, 0.25) is 5.91 Å². The lowest BCUT2D eigenvalue weighted by Gasteiger charge is -2.18. The summed E-state index contributed by atoms with van der Waals surface area (Å²) < 4.78 is 0. The third kappa shape index (κ3) is 3.73. The van der Waals surface area contributed by atoms with E-state index < -0.39 is 11.0 Å². The van der Waals surface area contributed by atoms with Crippen molar-refractivity contribution in [2.24, 2.45) is 0 Å². The van der Waals surface area contributed by atoms with Gasteiger partial charge in [0.05, 0.1) is 16.6 Å². The van der Waals surface area contributed by atoms with Crippen LogP contribution >= 0.6 is 0 Å². The molecule has 1 saturated carbocycles. The van der Waals surface area contributed by atoms with Crippen LogP contribution in [0.4, 0.5) is 11.4 Å². The van der Waals surface area contributed by atoms with Crippen molar-refractivity contribution in [2.75, 3.05) is 5.32 Å². The number of hydrogen-bond acceptors (Lipinski definition) is 5. The van der Waals surface area contributed by atoms with Crippen molar-refractivity contribution in [1.82, 2.24) is 5.32 Å². The number of hydrogen-bond donors (Lipinski definition) is 2. The summed E-state index contributed by atoms with van der Waals surface area (Å²) >= 11 is 0. The average molecular weight is 302 g/mol. The molecule has 1 amide bonds. The number of rotatable bonds is 5. The molecule has 0 saturated heterocycles. The molecule has 1 aromatic carbocycles. The second kappa shape index (κ2) is 6.89. The Morgan fingerprint density at radius 2 is 2.14 bits per heavy atom. The molecule has 22 heavy (non-hydrogen) atoms. The predicted octanol–water partition coefficient (Wildman–Crippen LogP) is 2.33. The molecule has 7 heteroatoms. The molecule has 1 aliphatic rings. The van der Waals surface area contributed by atoms with E-state index in [0.717, 1.165) is 25.7 Å². The summed E-state index contributed by atoms with van der Waals surface area (Å²) in [6.07, 6.45) is 4.20. The Bertz CT molecular complexity index is 618. The molecule has 0 radical (unpaired) electrons. The first-order valence-electron chi connectivity index (χ1n) is 7.26. The number of nitro groups is 1. The normalized spacial score (nSPS) is 15.8. The summed E-state index contributed by atoms with van der Waals surface area (Å²) in [6, 6.07) is 5.61. The second-order valence-electron chi connectivity index (χ2n) is 5.46. The monoisotopic (exact) mass is 302 g/mol. The lowest BCUT2D eigenvalue weighted by Crippen LogP contribution is -2.42. The highest BCUT2D eigenvalue weighted by Crippen LogP contribution is 2.26. The van der Waals surface area contributed by atoms with Crippen molar-refractivity contribution < 1.29 is 9.72 Å². The Labute approximate surface area is 128 Å². The molecule has 0 heterocycles. The number of nitrogens with one attached hydrogen (secondary N) is 2. The van der Waals surface area contributed by atoms with Gasteiger partial charge in [-0.05, 0) is 31.9 Å². The van der Waals surface area contributed by atoms with Crippen LogP contribution in [-0.2, 0) is 4.79 Å². The SMILES string of the molecule is CC(Nc1ccc(C#N)cc1[N+](=O)[O-])C(=O)NC1CCCC1. The molecule has 0 spiro atoms. The van der Waals surface area contributed by atoms with E-state index in [0.29, 0.717) is 0 Å². The maximum Gasteiger partial charge on any atom is 0.293 e. The first kappa shape index (κ1) is 15.8. The zero-order valence-electron chi connectivity index (χ0n) is 12.3. The van der Waals surface area contributed by atoms with E-state index in [9.17, 15) is 14.9 Å². The molecule has 1 fully saturated rings. The lowest BCUT2D eigenvalue weighted by molar-refractivity contribution is -0.384. The number of amides is 1. The summed E-state index contributed by atoms with van der Waals surface area (Å²) in [5, 5.41) is 25.7. The summed E-state index contributed by atoms with van der Waals surface area (Å²) in [4.78, 5) is 22.6. The molecular formula is C15H18N4O3. The third-order valence-electron chi connectivity index (χ3n) is 3.79. The first-order valence-corrected chi connectivity index (χ1v) is 7.26. The van der Waals surface area contributed by atoms with E-state index in [1.54, 1.807) is 6.92 Å². The average Bonchev–Trinajstić information content (AvgIpc) is 3.00. The van der Waals surface area contributed by atoms with Gasteiger partial charge in [-0.25, -0.2) is 0 Å². The van der Waals surface area contributed by atoms with Gasteiger partial charge in [0, 0.05) is 12.1 Å². The summed E-state index contributed by atoms with van der Waals surface area (Å²) in [6.45, 7) is 1.66. The van der Waals surface area contributed by atoms with Crippen molar-refractivity contribution in [3.63, 3.8) is 0 Å². The Morgan fingerprint density at radius 3 is 2.73 bits per heavy atom. The molecule has 2 N–H and O–H groups in total. The van der Waals surface area contributed by atoms with Gasteiger partial charge >= 0.3 is 0 Å². The topological polar surface area (TPSA) is 108 Å². The molecule has 2 rings (SSSR count). The maximum absolute atomic E-state index is 12.1. The van der Waals surface area contributed by atoms with Crippen LogP contribution in [0.3, 0.4) is 0 Å². The Balaban J connectivity index is 2.07. The van der Waals surface area contributed by atoms with Gasteiger partial charge in [-0.15, -0.1) is 0 Å². The van der Waals surface area contributed by atoms with Crippen molar-refractivity contribution in [2.45, 2.75) is 44.7 Å². The van der Waals surface area contributed by atoms with Crippen LogP contribution in [0.1, 0.15) is 38.2 Å². The van der Waals surface area contributed by atoms with Gasteiger partial charge in [-0.3, -0.25) is 14.9 Å². The highest BCUT2D eigenvalue weighted by atomic mass is 16.6. The van der Waals surface area contributed by atoms with Gasteiger partial charge in [0.15, 0.2) is 0 Å². The number of nitriles is 1. The van der Waals surface area contributed by atoms with Crippen LogP contribution in [0.5, 0.6) is 0 Å². The third-order valence-corrected chi connectivity index (χ3v) is 3.79. The first-order chi connectivity index (χ1) is 10.5. The predicted molar refractivity (Wildman–Crippen MR) is 81.3 cm³/mol. The minimum Gasteiger partial charge on any atom is -0.368 e. The number of anilines is 1. The van der Waals surface area contributed by atoms with Crippen molar-refractivity contribution in [1.29, 1.82) is 5.26 Å². The van der Waals surface area contributed by atoms with Crippen LogP contribution < -0.4 is 10.6 Å². The molecule has 1 aliphatic carbocycles. The molecule has 7 nitrogen and oxygen atoms in total. The molecule has 0 bridgehead atoms. The van der Waals surface area contributed by atoms with Gasteiger partial charge in [-0.1, -0.05) is 12.8 Å². The molecule has 0 aliphatic heterocycles. The zero-order chi connectivity index (χ0) is 16.1. The molecular weight excluding hydrogens is 284 g/mol. The number of carbonyl (C=O) groups excluding carboxylic acids is 1. The largest absolute Gasteiger partial charge is 0.368 e. The molecule has 116 valence electrons. The van der Waals surface area contributed by atoms with Crippen LogP contribution in [0, 0.1) is 21.4 Å². The van der Waals surface area contributed by atoms with Crippen LogP contribution in [0.15, 0.2) is 18.2 Å². The second-order valence-corrected chi connectivity index (χ2v) is 5.46. The highest BCUT2D eigenvalue weighted by Gasteiger charge is 2.23.